The first-order valence-electron chi connectivity index (χ1n) is 5.88. The van der Waals surface area contributed by atoms with Gasteiger partial charge in [-0.3, -0.25) is 4.79 Å². The second kappa shape index (κ2) is 5.44. The van der Waals surface area contributed by atoms with Crippen LogP contribution in [0.5, 0.6) is 0 Å². The number of aryl methyl sites for hydroxylation is 3. The highest BCUT2D eigenvalue weighted by atomic mass is 16.1. The van der Waals surface area contributed by atoms with Gasteiger partial charge in [0.25, 0.3) is 0 Å². The van der Waals surface area contributed by atoms with E-state index in [1.54, 1.807) is 0 Å². The van der Waals surface area contributed by atoms with Crippen LogP contribution in [0.1, 0.15) is 27.0 Å². The van der Waals surface area contributed by atoms with Gasteiger partial charge in [-0.15, -0.1) is 0 Å². The number of rotatable bonds is 4. The van der Waals surface area contributed by atoms with Crippen LogP contribution in [-0.4, -0.2) is 6.29 Å². The molecule has 2 rings (SSSR count). The molecule has 1 nitrogen and oxygen atoms in total. The van der Waals surface area contributed by atoms with Gasteiger partial charge in [-0.1, -0.05) is 42.5 Å². The van der Waals surface area contributed by atoms with Crippen LogP contribution in [0.3, 0.4) is 0 Å². The van der Waals surface area contributed by atoms with Gasteiger partial charge >= 0.3 is 0 Å². The predicted octanol–water partition coefficient (Wildman–Crippen LogP) is 3.59. The molecule has 0 aliphatic carbocycles. The van der Waals surface area contributed by atoms with Crippen molar-refractivity contribution in [3.05, 3.63) is 70.8 Å². The molecule has 0 spiro atoms. The van der Waals surface area contributed by atoms with E-state index in [1.165, 1.54) is 16.7 Å². The van der Waals surface area contributed by atoms with Gasteiger partial charge in [0.2, 0.25) is 0 Å². The maximum absolute atomic E-state index is 10.6. The Morgan fingerprint density at radius 3 is 2.41 bits per heavy atom. The van der Waals surface area contributed by atoms with Crippen molar-refractivity contribution in [1.29, 1.82) is 0 Å². The van der Waals surface area contributed by atoms with Crippen molar-refractivity contribution in [3.63, 3.8) is 0 Å². The molecule has 0 aliphatic heterocycles. The van der Waals surface area contributed by atoms with Gasteiger partial charge in [0, 0.05) is 5.56 Å². The average molecular weight is 224 g/mol. The molecule has 2 aromatic rings. The Morgan fingerprint density at radius 2 is 1.76 bits per heavy atom. The fourth-order valence-corrected chi connectivity index (χ4v) is 2.00. The summed E-state index contributed by atoms with van der Waals surface area (Å²) in [5.41, 5.74) is 4.63. The van der Waals surface area contributed by atoms with Gasteiger partial charge in [-0.2, -0.15) is 0 Å². The Morgan fingerprint density at radius 1 is 1.00 bits per heavy atom. The van der Waals surface area contributed by atoms with Crippen LogP contribution in [0.2, 0.25) is 0 Å². The fraction of sp³-hybridized carbons (Fsp3) is 0.188. The lowest BCUT2D eigenvalue weighted by molar-refractivity contribution is 0.112. The molecule has 0 aliphatic rings. The van der Waals surface area contributed by atoms with Gasteiger partial charge in [0.05, 0.1) is 0 Å². The zero-order valence-corrected chi connectivity index (χ0v) is 10.0. The van der Waals surface area contributed by atoms with Crippen LogP contribution >= 0.6 is 0 Å². The van der Waals surface area contributed by atoms with Crippen LogP contribution in [0.4, 0.5) is 0 Å². The normalized spacial score (nSPS) is 10.2. The predicted molar refractivity (Wildman–Crippen MR) is 70.4 cm³/mol. The van der Waals surface area contributed by atoms with E-state index < -0.39 is 0 Å². The van der Waals surface area contributed by atoms with E-state index in [9.17, 15) is 4.79 Å². The number of hydrogen-bond acceptors (Lipinski definition) is 1. The van der Waals surface area contributed by atoms with Crippen molar-refractivity contribution in [3.8, 4) is 0 Å². The molecular weight excluding hydrogens is 208 g/mol. The van der Waals surface area contributed by atoms with Gasteiger partial charge in [-0.25, -0.2) is 0 Å². The Kier molecular flexibility index (Phi) is 3.71. The molecule has 0 saturated carbocycles. The fourth-order valence-electron chi connectivity index (χ4n) is 2.00. The van der Waals surface area contributed by atoms with E-state index >= 15 is 0 Å². The summed E-state index contributed by atoms with van der Waals surface area (Å²) in [6.45, 7) is 2.06. The summed E-state index contributed by atoms with van der Waals surface area (Å²) >= 11 is 0. The Labute approximate surface area is 102 Å². The number of carbonyl (C=O) groups is 1. The van der Waals surface area contributed by atoms with Gasteiger partial charge in [-0.05, 0) is 42.5 Å². The first-order chi connectivity index (χ1) is 8.29. The smallest absolute Gasteiger partial charge is 0.150 e. The van der Waals surface area contributed by atoms with E-state index in [2.05, 4.69) is 37.3 Å². The molecule has 17 heavy (non-hydrogen) atoms. The summed E-state index contributed by atoms with van der Waals surface area (Å²) in [5, 5.41) is 0. The summed E-state index contributed by atoms with van der Waals surface area (Å²) in [7, 11) is 0. The quantitative estimate of drug-likeness (QED) is 0.725. The summed E-state index contributed by atoms with van der Waals surface area (Å²) < 4.78 is 0. The molecule has 0 fully saturated rings. The number of benzene rings is 2. The van der Waals surface area contributed by atoms with E-state index in [4.69, 9.17) is 0 Å². The Hall–Kier alpha value is -1.89. The van der Waals surface area contributed by atoms with Gasteiger partial charge < -0.3 is 0 Å². The molecule has 86 valence electrons. The minimum atomic E-state index is 0.756. The van der Waals surface area contributed by atoms with E-state index in [-0.39, 0.29) is 0 Å². The topological polar surface area (TPSA) is 17.1 Å². The largest absolute Gasteiger partial charge is 0.298 e. The zero-order valence-electron chi connectivity index (χ0n) is 10.0. The van der Waals surface area contributed by atoms with E-state index in [0.29, 0.717) is 0 Å². The second-order valence-electron chi connectivity index (χ2n) is 4.29. The lowest BCUT2D eigenvalue weighted by Crippen LogP contribution is -1.95. The summed E-state index contributed by atoms with van der Waals surface area (Å²) in [6, 6.07) is 16.4. The lowest BCUT2D eigenvalue weighted by Gasteiger charge is -2.06. The van der Waals surface area contributed by atoms with Crippen molar-refractivity contribution in [2.45, 2.75) is 19.8 Å². The summed E-state index contributed by atoms with van der Waals surface area (Å²) in [6.07, 6.45) is 2.96. The molecule has 0 unspecified atom stereocenters. The Bertz CT molecular complexity index is 500. The number of carbonyl (C=O) groups excluding carboxylic acids is 1. The molecule has 0 saturated heterocycles. The number of aldehydes is 1. The van der Waals surface area contributed by atoms with E-state index in [0.717, 1.165) is 24.7 Å². The molecule has 0 heterocycles. The van der Waals surface area contributed by atoms with Crippen molar-refractivity contribution >= 4 is 6.29 Å². The maximum atomic E-state index is 10.6. The third kappa shape index (κ3) is 3.04. The molecular formula is C16H16O. The minimum absolute atomic E-state index is 0.756. The van der Waals surface area contributed by atoms with Crippen LogP contribution in [0, 0.1) is 6.92 Å². The van der Waals surface area contributed by atoms with Crippen LogP contribution < -0.4 is 0 Å². The SMILES string of the molecule is Cc1cc(C=O)ccc1CCc1ccccc1. The maximum Gasteiger partial charge on any atom is 0.150 e. The van der Waals surface area contributed by atoms with Gasteiger partial charge in [0.1, 0.15) is 6.29 Å². The summed E-state index contributed by atoms with van der Waals surface area (Å²) in [5.74, 6) is 0. The van der Waals surface area contributed by atoms with E-state index in [1.807, 2.05) is 18.2 Å². The van der Waals surface area contributed by atoms with Crippen LogP contribution in [0.15, 0.2) is 48.5 Å². The zero-order chi connectivity index (χ0) is 12.1. The monoisotopic (exact) mass is 224 g/mol. The molecule has 1 heteroatoms. The third-order valence-electron chi connectivity index (χ3n) is 3.03. The van der Waals surface area contributed by atoms with Crippen molar-refractivity contribution < 1.29 is 4.79 Å². The first kappa shape index (κ1) is 11.6. The Balaban J connectivity index is 2.07. The molecule has 0 radical (unpaired) electrons. The van der Waals surface area contributed by atoms with Crippen molar-refractivity contribution in [2.75, 3.05) is 0 Å². The second-order valence-corrected chi connectivity index (χ2v) is 4.29. The first-order valence-corrected chi connectivity index (χ1v) is 5.88. The molecule has 0 bridgehead atoms. The summed E-state index contributed by atoms with van der Waals surface area (Å²) in [4.78, 5) is 10.6. The molecule has 2 aromatic carbocycles. The highest BCUT2D eigenvalue weighted by Crippen LogP contribution is 2.13. The van der Waals surface area contributed by atoms with Crippen LogP contribution in [0.25, 0.3) is 0 Å². The molecule has 0 N–H and O–H groups in total. The average Bonchev–Trinajstić information content (AvgIpc) is 2.38. The molecule has 0 atom stereocenters. The lowest BCUT2D eigenvalue weighted by atomic mass is 9.99. The van der Waals surface area contributed by atoms with Crippen LogP contribution in [-0.2, 0) is 12.8 Å². The minimum Gasteiger partial charge on any atom is -0.298 e. The van der Waals surface area contributed by atoms with Crippen molar-refractivity contribution in [2.24, 2.45) is 0 Å². The third-order valence-corrected chi connectivity index (χ3v) is 3.03. The van der Waals surface area contributed by atoms with Gasteiger partial charge in [0.15, 0.2) is 0 Å². The standard InChI is InChI=1S/C16H16O/c1-13-11-15(12-17)8-10-16(13)9-7-14-5-3-2-4-6-14/h2-6,8,10-12H,7,9H2,1H3. The molecule has 0 aromatic heterocycles. The molecule has 0 amide bonds. The highest BCUT2D eigenvalue weighted by molar-refractivity contribution is 5.75. The highest BCUT2D eigenvalue weighted by Gasteiger charge is 2.00. The van der Waals surface area contributed by atoms with Crippen molar-refractivity contribution in [1.82, 2.24) is 0 Å². The number of hydrogen-bond donors (Lipinski definition) is 0.